The second kappa shape index (κ2) is 9.60. The highest BCUT2D eigenvalue weighted by molar-refractivity contribution is 5.94. The SMILES string of the molecule is CCc1ccc([C@H]2C[C@@H](C(=O)NCc3cccnc3)CN(C(=O)c3ccoc3)C2)cc1. The molecule has 3 heterocycles. The van der Waals surface area contributed by atoms with Crippen LogP contribution in [0.5, 0.6) is 0 Å². The van der Waals surface area contributed by atoms with Crippen molar-refractivity contribution in [2.24, 2.45) is 5.92 Å². The molecule has 0 aliphatic carbocycles. The fourth-order valence-corrected chi connectivity index (χ4v) is 4.13. The second-order valence-electron chi connectivity index (χ2n) is 8.03. The van der Waals surface area contributed by atoms with E-state index in [0.29, 0.717) is 31.6 Å². The van der Waals surface area contributed by atoms with E-state index in [1.54, 1.807) is 23.4 Å². The summed E-state index contributed by atoms with van der Waals surface area (Å²) in [6.07, 6.45) is 8.10. The lowest BCUT2D eigenvalue weighted by Crippen LogP contribution is -2.47. The standard InChI is InChI=1S/C25H27N3O3/c1-2-18-5-7-20(8-6-18)22-12-23(24(29)27-14-19-4-3-10-26-13-19)16-28(15-22)25(30)21-9-11-31-17-21/h3-11,13,17,22-23H,2,12,14-16H2,1H3,(H,27,29)/t22-,23+/m0/s1. The molecule has 1 N–H and O–H groups in total. The largest absolute Gasteiger partial charge is 0.472 e. The van der Waals surface area contributed by atoms with E-state index in [-0.39, 0.29) is 23.7 Å². The number of nitrogens with zero attached hydrogens (tertiary/aromatic N) is 2. The molecule has 3 aromatic rings. The van der Waals surface area contributed by atoms with E-state index in [1.165, 1.54) is 18.1 Å². The van der Waals surface area contributed by atoms with Crippen molar-refractivity contribution in [3.05, 3.63) is 89.6 Å². The van der Waals surface area contributed by atoms with Crippen LogP contribution in [0.3, 0.4) is 0 Å². The van der Waals surface area contributed by atoms with Crippen LogP contribution in [0.2, 0.25) is 0 Å². The highest BCUT2D eigenvalue weighted by Gasteiger charge is 2.35. The zero-order chi connectivity index (χ0) is 21.6. The van der Waals surface area contributed by atoms with Gasteiger partial charge in [0.15, 0.2) is 0 Å². The average Bonchev–Trinajstić information content (AvgIpc) is 3.37. The van der Waals surface area contributed by atoms with E-state index in [0.717, 1.165) is 17.5 Å². The first-order valence-electron chi connectivity index (χ1n) is 10.7. The number of carbonyl (C=O) groups excluding carboxylic acids is 2. The Morgan fingerprint density at radius 2 is 1.97 bits per heavy atom. The molecular formula is C25H27N3O3. The highest BCUT2D eigenvalue weighted by Crippen LogP contribution is 2.31. The summed E-state index contributed by atoms with van der Waals surface area (Å²) in [5, 5.41) is 3.02. The molecule has 0 radical (unpaired) electrons. The van der Waals surface area contributed by atoms with Gasteiger partial charge in [-0.2, -0.15) is 0 Å². The third-order valence-electron chi connectivity index (χ3n) is 5.93. The molecule has 0 unspecified atom stereocenters. The number of piperidine rings is 1. The lowest BCUT2D eigenvalue weighted by Gasteiger charge is -2.37. The number of carbonyl (C=O) groups is 2. The molecule has 1 aromatic carbocycles. The van der Waals surface area contributed by atoms with Crippen molar-refractivity contribution in [1.29, 1.82) is 0 Å². The number of nitrogens with one attached hydrogen (secondary N) is 1. The molecule has 2 atom stereocenters. The molecular weight excluding hydrogens is 390 g/mol. The lowest BCUT2D eigenvalue weighted by atomic mass is 9.83. The number of likely N-dealkylation sites (tertiary alicyclic amines) is 1. The topological polar surface area (TPSA) is 75.4 Å². The van der Waals surface area contributed by atoms with E-state index in [9.17, 15) is 9.59 Å². The summed E-state index contributed by atoms with van der Waals surface area (Å²) in [6, 6.07) is 14.0. The van der Waals surface area contributed by atoms with Gasteiger partial charge in [-0.1, -0.05) is 37.3 Å². The summed E-state index contributed by atoms with van der Waals surface area (Å²) in [5.41, 5.74) is 3.89. The smallest absolute Gasteiger partial charge is 0.257 e. The molecule has 2 amide bonds. The van der Waals surface area contributed by atoms with Crippen molar-refractivity contribution in [1.82, 2.24) is 15.2 Å². The third-order valence-corrected chi connectivity index (χ3v) is 5.93. The van der Waals surface area contributed by atoms with Crippen LogP contribution in [0, 0.1) is 5.92 Å². The van der Waals surface area contributed by atoms with E-state index < -0.39 is 0 Å². The highest BCUT2D eigenvalue weighted by atomic mass is 16.3. The van der Waals surface area contributed by atoms with Gasteiger partial charge >= 0.3 is 0 Å². The third kappa shape index (κ3) is 5.02. The maximum absolute atomic E-state index is 13.0. The Morgan fingerprint density at radius 1 is 1.13 bits per heavy atom. The Balaban J connectivity index is 1.51. The normalized spacial score (nSPS) is 18.5. The first kappa shape index (κ1) is 20.8. The molecule has 0 spiro atoms. The minimum absolute atomic E-state index is 0.0382. The van der Waals surface area contributed by atoms with Gasteiger partial charge in [-0.15, -0.1) is 0 Å². The van der Waals surface area contributed by atoms with Crippen molar-refractivity contribution < 1.29 is 14.0 Å². The summed E-state index contributed by atoms with van der Waals surface area (Å²) in [4.78, 5) is 31.9. The first-order valence-corrected chi connectivity index (χ1v) is 10.7. The van der Waals surface area contributed by atoms with Crippen molar-refractivity contribution in [3.63, 3.8) is 0 Å². The number of amides is 2. The Labute approximate surface area is 182 Å². The van der Waals surface area contributed by atoms with Crippen LogP contribution in [0.15, 0.2) is 71.8 Å². The minimum Gasteiger partial charge on any atom is -0.472 e. The van der Waals surface area contributed by atoms with Gasteiger partial charge in [0.25, 0.3) is 5.91 Å². The first-order chi connectivity index (χ1) is 15.1. The number of hydrogen-bond donors (Lipinski definition) is 1. The van der Waals surface area contributed by atoms with Crippen LogP contribution in [0.25, 0.3) is 0 Å². The van der Waals surface area contributed by atoms with Crippen molar-refractivity contribution in [2.45, 2.75) is 32.2 Å². The Kier molecular flexibility index (Phi) is 6.46. The van der Waals surface area contributed by atoms with Crippen LogP contribution in [0.1, 0.15) is 46.3 Å². The molecule has 1 saturated heterocycles. The zero-order valence-corrected chi connectivity index (χ0v) is 17.7. The van der Waals surface area contributed by atoms with Crippen LogP contribution < -0.4 is 5.32 Å². The zero-order valence-electron chi connectivity index (χ0n) is 17.7. The molecule has 1 aliphatic heterocycles. The summed E-state index contributed by atoms with van der Waals surface area (Å²) in [7, 11) is 0. The van der Waals surface area contributed by atoms with Gasteiger partial charge in [-0.3, -0.25) is 14.6 Å². The molecule has 0 saturated carbocycles. The van der Waals surface area contributed by atoms with E-state index in [2.05, 4.69) is 41.5 Å². The Morgan fingerprint density at radius 3 is 2.65 bits per heavy atom. The number of aryl methyl sites for hydroxylation is 1. The monoisotopic (exact) mass is 417 g/mol. The van der Waals surface area contributed by atoms with Gasteiger partial charge in [0.2, 0.25) is 5.91 Å². The molecule has 6 heteroatoms. The van der Waals surface area contributed by atoms with Gasteiger partial charge in [0, 0.05) is 37.9 Å². The van der Waals surface area contributed by atoms with Crippen LogP contribution in [-0.2, 0) is 17.8 Å². The fraction of sp³-hybridized carbons (Fsp3) is 0.320. The van der Waals surface area contributed by atoms with Crippen LogP contribution >= 0.6 is 0 Å². The van der Waals surface area contributed by atoms with Gasteiger partial charge < -0.3 is 14.6 Å². The molecule has 160 valence electrons. The Bertz CT molecular complexity index is 1000. The maximum Gasteiger partial charge on any atom is 0.257 e. The van der Waals surface area contributed by atoms with E-state index in [4.69, 9.17) is 4.42 Å². The summed E-state index contributed by atoms with van der Waals surface area (Å²) < 4.78 is 5.09. The van der Waals surface area contributed by atoms with Crippen molar-refractivity contribution >= 4 is 11.8 Å². The van der Waals surface area contributed by atoms with Gasteiger partial charge in [-0.25, -0.2) is 0 Å². The molecule has 2 aromatic heterocycles. The number of hydrogen-bond acceptors (Lipinski definition) is 4. The van der Waals surface area contributed by atoms with E-state index >= 15 is 0 Å². The molecule has 0 bridgehead atoms. The minimum atomic E-state index is -0.280. The van der Waals surface area contributed by atoms with E-state index in [1.807, 2.05) is 12.1 Å². The lowest BCUT2D eigenvalue weighted by molar-refractivity contribution is -0.126. The number of furan rings is 1. The van der Waals surface area contributed by atoms with Gasteiger partial charge in [-0.05, 0) is 41.7 Å². The average molecular weight is 418 g/mol. The number of benzene rings is 1. The predicted molar refractivity (Wildman–Crippen MR) is 117 cm³/mol. The second-order valence-corrected chi connectivity index (χ2v) is 8.03. The van der Waals surface area contributed by atoms with Gasteiger partial charge in [0.05, 0.1) is 17.7 Å². The number of aromatic nitrogens is 1. The quantitative estimate of drug-likeness (QED) is 0.662. The van der Waals surface area contributed by atoms with Crippen LogP contribution in [-0.4, -0.2) is 34.8 Å². The number of rotatable bonds is 6. The summed E-state index contributed by atoms with van der Waals surface area (Å²) in [6.45, 7) is 3.53. The fourth-order valence-electron chi connectivity index (χ4n) is 4.13. The maximum atomic E-state index is 13.0. The Hall–Kier alpha value is -3.41. The van der Waals surface area contributed by atoms with Crippen molar-refractivity contribution in [2.75, 3.05) is 13.1 Å². The van der Waals surface area contributed by atoms with Crippen molar-refractivity contribution in [3.8, 4) is 0 Å². The molecule has 1 aliphatic rings. The van der Waals surface area contributed by atoms with Gasteiger partial charge in [0.1, 0.15) is 6.26 Å². The predicted octanol–water partition coefficient (Wildman–Crippen LogP) is 3.80. The summed E-state index contributed by atoms with van der Waals surface area (Å²) in [5.74, 6) is -0.320. The van der Waals surface area contributed by atoms with Crippen LogP contribution in [0.4, 0.5) is 0 Å². The number of pyridine rings is 1. The molecule has 4 rings (SSSR count). The molecule has 1 fully saturated rings. The summed E-state index contributed by atoms with van der Waals surface area (Å²) >= 11 is 0. The molecule has 6 nitrogen and oxygen atoms in total. The molecule has 31 heavy (non-hydrogen) atoms.